The minimum Gasteiger partial charge on any atom is -0.467 e. The monoisotopic (exact) mass is 342 g/mol. The van der Waals surface area contributed by atoms with Crippen molar-refractivity contribution < 1.29 is 9.53 Å². The molecule has 124 valence electrons. The first-order chi connectivity index (χ1) is 11.7. The summed E-state index contributed by atoms with van der Waals surface area (Å²) in [7, 11) is 0. The van der Waals surface area contributed by atoms with Gasteiger partial charge in [-0.1, -0.05) is 0 Å². The summed E-state index contributed by atoms with van der Waals surface area (Å²) in [6, 6.07) is 2.25. The standard InChI is InChI=1S/C17H18N4O2S/c18-9-17(6-1-2-7-17)21-13(22)8-23-15-14-11-4-3-5-12(11)24-16(14)20-10-19-15/h10H,1-8H2,(H,21,22). The minimum atomic E-state index is -0.717. The van der Waals surface area contributed by atoms with Gasteiger partial charge in [-0.3, -0.25) is 4.79 Å². The molecule has 0 aliphatic heterocycles. The van der Waals surface area contributed by atoms with Crippen LogP contribution in [-0.2, 0) is 17.6 Å². The SMILES string of the molecule is N#CC1(NC(=O)COc2ncnc3sc4c(c23)CCC4)CCCC1. The van der Waals surface area contributed by atoms with E-state index in [2.05, 4.69) is 21.4 Å². The Balaban J connectivity index is 1.49. The third-order valence-corrected chi connectivity index (χ3v) is 6.06. The van der Waals surface area contributed by atoms with E-state index in [1.165, 1.54) is 16.8 Å². The number of aromatic nitrogens is 2. The molecule has 1 fully saturated rings. The first kappa shape index (κ1) is 15.3. The van der Waals surface area contributed by atoms with Gasteiger partial charge in [0.1, 0.15) is 16.7 Å². The molecule has 7 heteroatoms. The van der Waals surface area contributed by atoms with Gasteiger partial charge in [0.25, 0.3) is 5.91 Å². The lowest BCUT2D eigenvalue weighted by Crippen LogP contribution is -2.47. The number of nitriles is 1. The van der Waals surface area contributed by atoms with Gasteiger partial charge in [-0.25, -0.2) is 9.97 Å². The number of hydrogen-bond donors (Lipinski definition) is 1. The zero-order valence-electron chi connectivity index (χ0n) is 13.3. The molecule has 0 saturated heterocycles. The lowest BCUT2D eigenvalue weighted by molar-refractivity contribution is -0.124. The second-order valence-electron chi connectivity index (χ2n) is 6.45. The summed E-state index contributed by atoms with van der Waals surface area (Å²) in [5.41, 5.74) is 0.556. The van der Waals surface area contributed by atoms with Crippen molar-refractivity contribution in [3.63, 3.8) is 0 Å². The zero-order chi connectivity index (χ0) is 16.6. The summed E-state index contributed by atoms with van der Waals surface area (Å²) in [4.78, 5) is 23.0. The van der Waals surface area contributed by atoms with Crippen molar-refractivity contribution in [2.24, 2.45) is 0 Å². The highest BCUT2D eigenvalue weighted by atomic mass is 32.1. The maximum Gasteiger partial charge on any atom is 0.259 e. The second-order valence-corrected chi connectivity index (χ2v) is 7.54. The van der Waals surface area contributed by atoms with Crippen molar-refractivity contribution in [2.45, 2.75) is 50.5 Å². The maximum atomic E-state index is 12.2. The first-order valence-electron chi connectivity index (χ1n) is 8.31. The highest BCUT2D eigenvalue weighted by Crippen LogP contribution is 2.39. The second kappa shape index (κ2) is 6.02. The van der Waals surface area contributed by atoms with Gasteiger partial charge >= 0.3 is 0 Å². The van der Waals surface area contributed by atoms with Crippen LogP contribution >= 0.6 is 11.3 Å². The summed E-state index contributed by atoms with van der Waals surface area (Å²) < 4.78 is 5.70. The molecule has 4 rings (SSSR count). The number of aryl methyl sites for hydroxylation is 2. The van der Waals surface area contributed by atoms with Gasteiger partial charge in [0.2, 0.25) is 5.88 Å². The van der Waals surface area contributed by atoms with Crippen LogP contribution in [0.5, 0.6) is 5.88 Å². The van der Waals surface area contributed by atoms with E-state index in [1.54, 1.807) is 11.3 Å². The van der Waals surface area contributed by atoms with Crippen molar-refractivity contribution >= 4 is 27.5 Å². The van der Waals surface area contributed by atoms with Gasteiger partial charge < -0.3 is 10.1 Å². The number of nitrogens with zero attached hydrogens (tertiary/aromatic N) is 3. The van der Waals surface area contributed by atoms with E-state index in [1.807, 2.05) is 0 Å². The zero-order valence-corrected chi connectivity index (χ0v) is 14.1. The van der Waals surface area contributed by atoms with Crippen LogP contribution < -0.4 is 10.1 Å². The summed E-state index contributed by atoms with van der Waals surface area (Å²) in [5, 5.41) is 13.1. The molecule has 2 aromatic rings. The van der Waals surface area contributed by atoms with Crippen LogP contribution in [0.4, 0.5) is 0 Å². The number of nitrogens with one attached hydrogen (secondary N) is 1. The topological polar surface area (TPSA) is 87.9 Å². The van der Waals surface area contributed by atoms with E-state index in [0.717, 1.165) is 42.3 Å². The van der Waals surface area contributed by atoms with Crippen LogP contribution in [0.1, 0.15) is 42.5 Å². The number of carbonyl (C=O) groups excluding carboxylic acids is 1. The van der Waals surface area contributed by atoms with Gasteiger partial charge in [-0.2, -0.15) is 5.26 Å². The van der Waals surface area contributed by atoms with Crippen molar-refractivity contribution in [3.05, 3.63) is 16.8 Å². The average molecular weight is 342 g/mol. The van der Waals surface area contributed by atoms with Crippen molar-refractivity contribution in [1.29, 1.82) is 5.26 Å². The molecule has 0 unspecified atom stereocenters. The fourth-order valence-electron chi connectivity index (χ4n) is 3.69. The number of fused-ring (bicyclic) bond motifs is 3. The number of hydrogen-bond acceptors (Lipinski definition) is 6. The van der Waals surface area contributed by atoms with Crippen LogP contribution in [0.2, 0.25) is 0 Å². The molecule has 2 aromatic heterocycles. The van der Waals surface area contributed by atoms with Crippen molar-refractivity contribution in [3.8, 4) is 11.9 Å². The molecular weight excluding hydrogens is 324 g/mol. The van der Waals surface area contributed by atoms with Crippen LogP contribution in [0.15, 0.2) is 6.33 Å². The Hall–Kier alpha value is -2.20. The van der Waals surface area contributed by atoms with E-state index >= 15 is 0 Å². The van der Waals surface area contributed by atoms with E-state index in [0.29, 0.717) is 18.7 Å². The third kappa shape index (κ3) is 2.61. The fraction of sp³-hybridized carbons (Fsp3) is 0.529. The number of thiophene rings is 1. The fourth-order valence-corrected chi connectivity index (χ4v) is 4.91. The highest BCUT2D eigenvalue weighted by Gasteiger charge is 2.35. The number of ether oxygens (including phenoxy) is 1. The average Bonchev–Trinajstić information content (AvgIpc) is 3.28. The predicted octanol–water partition coefficient (Wildman–Crippen LogP) is 2.51. The maximum absolute atomic E-state index is 12.2. The Morgan fingerprint density at radius 2 is 2.17 bits per heavy atom. The number of amides is 1. The van der Waals surface area contributed by atoms with Gasteiger partial charge in [0.05, 0.1) is 11.5 Å². The Labute approximate surface area is 143 Å². The van der Waals surface area contributed by atoms with Crippen LogP contribution in [0, 0.1) is 11.3 Å². The molecule has 0 bridgehead atoms. The lowest BCUT2D eigenvalue weighted by Gasteiger charge is -2.21. The molecule has 2 aliphatic rings. The molecule has 0 atom stereocenters. The summed E-state index contributed by atoms with van der Waals surface area (Å²) in [6.45, 7) is -0.125. The van der Waals surface area contributed by atoms with Crippen LogP contribution in [-0.4, -0.2) is 28.0 Å². The Bertz CT molecular complexity index is 833. The summed E-state index contributed by atoms with van der Waals surface area (Å²) in [5.74, 6) is 0.212. The van der Waals surface area contributed by atoms with Crippen molar-refractivity contribution in [2.75, 3.05) is 6.61 Å². The summed E-state index contributed by atoms with van der Waals surface area (Å²) >= 11 is 1.69. The first-order valence-corrected chi connectivity index (χ1v) is 9.13. The highest BCUT2D eigenvalue weighted by molar-refractivity contribution is 7.18. The normalized spacial score (nSPS) is 18.3. The molecule has 0 aromatic carbocycles. The van der Waals surface area contributed by atoms with Gasteiger partial charge in [0.15, 0.2) is 6.61 Å². The molecule has 2 aliphatic carbocycles. The predicted molar refractivity (Wildman–Crippen MR) is 89.9 cm³/mol. The van der Waals surface area contributed by atoms with Gasteiger partial charge in [-0.15, -0.1) is 11.3 Å². The molecule has 1 saturated carbocycles. The molecule has 0 radical (unpaired) electrons. The molecule has 1 N–H and O–H groups in total. The Kier molecular flexibility index (Phi) is 3.85. The third-order valence-electron chi connectivity index (χ3n) is 4.86. The Morgan fingerprint density at radius 3 is 2.96 bits per heavy atom. The van der Waals surface area contributed by atoms with Crippen LogP contribution in [0.25, 0.3) is 10.2 Å². The minimum absolute atomic E-state index is 0.125. The van der Waals surface area contributed by atoms with Gasteiger partial charge in [-0.05, 0) is 50.5 Å². The summed E-state index contributed by atoms with van der Waals surface area (Å²) in [6.07, 6.45) is 8.11. The van der Waals surface area contributed by atoms with Crippen molar-refractivity contribution in [1.82, 2.24) is 15.3 Å². The molecule has 0 spiro atoms. The molecule has 24 heavy (non-hydrogen) atoms. The van der Waals surface area contributed by atoms with E-state index < -0.39 is 5.54 Å². The number of rotatable bonds is 4. The smallest absolute Gasteiger partial charge is 0.259 e. The van der Waals surface area contributed by atoms with E-state index in [-0.39, 0.29) is 12.5 Å². The van der Waals surface area contributed by atoms with Crippen LogP contribution in [0.3, 0.4) is 0 Å². The Morgan fingerprint density at radius 1 is 1.33 bits per heavy atom. The number of carbonyl (C=O) groups is 1. The lowest BCUT2D eigenvalue weighted by atomic mass is 10.00. The quantitative estimate of drug-likeness (QED) is 0.922. The molecule has 2 heterocycles. The van der Waals surface area contributed by atoms with Gasteiger partial charge in [0, 0.05) is 4.88 Å². The largest absolute Gasteiger partial charge is 0.467 e. The molecule has 1 amide bonds. The molecular formula is C17H18N4O2S. The molecule has 6 nitrogen and oxygen atoms in total. The van der Waals surface area contributed by atoms with E-state index in [4.69, 9.17) is 4.74 Å². The van der Waals surface area contributed by atoms with E-state index in [9.17, 15) is 10.1 Å².